The number of anilines is 1. The molecule has 196 valence electrons. The molecule has 0 fully saturated rings. The van der Waals surface area contributed by atoms with Crippen LogP contribution in [-0.4, -0.2) is 29.1 Å². The predicted octanol–water partition coefficient (Wildman–Crippen LogP) is 6.70. The van der Waals surface area contributed by atoms with E-state index in [0.717, 1.165) is 16.1 Å². The van der Waals surface area contributed by atoms with E-state index in [1.165, 1.54) is 24.3 Å². The summed E-state index contributed by atoms with van der Waals surface area (Å²) in [6.45, 7) is 4.34. The third-order valence-electron chi connectivity index (χ3n) is 6.09. The first-order chi connectivity index (χ1) is 18.6. The summed E-state index contributed by atoms with van der Waals surface area (Å²) in [5, 5.41) is 16.8. The number of nitrogens with zero attached hydrogens (tertiary/aromatic N) is 4. The standard InChI is InChI=1S/C27H17Cl3FN5O3/c1-14-24(12-32)34-36(27(38)33-14)17-10-21(29)25(22(30)11-17)39-18-3-4-19-16(9-18)6-7-35(26(19)37)13-15-2-5-23(31)20(28)8-15/h2-5,8-11H,1,6-7,13H2,(H,33,38). The number of hydrogen-bond donors (Lipinski definition) is 1. The molecule has 0 unspecified atom stereocenters. The smallest absolute Gasteiger partial charge is 0.347 e. The number of hydrogen-bond acceptors (Lipinski definition) is 5. The molecule has 0 spiro atoms. The third-order valence-corrected chi connectivity index (χ3v) is 6.94. The average Bonchev–Trinajstić information content (AvgIpc) is 2.90. The Morgan fingerprint density at radius 2 is 1.82 bits per heavy atom. The molecule has 2 aliphatic heterocycles. The van der Waals surface area contributed by atoms with Gasteiger partial charge in [0.15, 0.2) is 11.5 Å². The Balaban J connectivity index is 1.35. The highest BCUT2D eigenvalue weighted by atomic mass is 35.5. The van der Waals surface area contributed by atoms with Crippen LogP contribution in [0.1, 0.15) is 21.5 Å². The fraction of sp³-hybridized carbons (Fsp3) is 0.111. The molecule has 2 heterocycles. The first kappa shape index (κ1) is 26.5. The molecule has 12 heteroatoms. The highest BCUT2D eigenvalue weighted by Crippen LogP contribution is 2.41. The lowest BCUT2D eigenvalue weighted by molar-refractivity contribution is 0.0727. The number of hydrazone groups is 1. The maximum absolute atomic E-state index is 13.5. The van der Waals surface area contributed by atoms with E-state index >= 15 is 0 Å². The molecule has 0 aliphatic carbocycles. The molecule has 5 rings (SSSR count). The number of ether oxygens (including phenoxy) is 1. The Kier molecular flexibility index (Phi) is 7.19. The summed E-state index contributed by atoms with van der Waals surface area (Å²) >= 11 is 18.8. The normalized spacial score (nSPS) is 14.9. The number of allylic oxidation sites excluding steroid dienone is 1. The van der Waals surface area contributed by atoms with E-state index in [1.807, 2.05) is 6.07 Å². The number of nitrogens with one attached hydrogen (secondary N) is 1. The minimum atomic E-state index is -0.629. The lowest BCUT2D eigenvalue weighted by atomic mass is 9.98. The van der Waals surface area contributed by atoms with E-state index in [2.05, 4.69) is 17.0 Å². The van der Waals surface area contributed by atoms with Crippen LogP contribution in [0, 0.1) is 17.1 Å². The van der Waals surface area contributed by atoms with Gasteiger partial charge in [0.05, 0.1) is 26.5 Å². The summed E-state index contributed by atoms with van der Waals surface area (Å²) in [7, 11) is 0. The molecule has 8 nitrogen and oxygen atoms in total. The van der Waals surface area contributed by atoms with Crippen LogP contribution in [0.5, 0.6) is 11.5 Å². The monoisotopic (exact) mass is 583 g/mol. The highest BCUT2D eigenvalue weighted by molar-refractivity contribution is 6.38. The zero-order valence-corrected chi connectivity index (χ0v) is 22.2. The summed E-state index contributed by atoms with van der Waals surface area (Å²) in [5.41, 5.74) is 2.29. The average molecular weight is 585 g/mol. The van der Waals surface area contributed by atoms with Gasteiger partial charge < -0.3 is 15.0 Å². The van der Waals surface area contributed by atoms with Crippen molar-refractivity contribution in [2.24, 2.45) is 5.10 Å². The number of carbonyl (C=O) groups excluding carboxylic acids is 2. The molecule has 3 aromatic rings. The van der Waals surface area contributed by atoms with Crippen molar-refractivity contribution in [3.63, 3.8) is 0 Å². The molecule has 1 N–H and O–H groups in total. The van der Waals surface area contributed by atoms with Crippen LogP contribution in [-0.2, 0) is 13.0 Å². The molecule has 0 bridgehead atoms. The van der Waals surface area contributed by atoms with E-state index in [-0.39, 0.29) is 43.8 Å². The summed E-state index contributed by atoms with van der Waals surface area (Å²) < 4.78 is 19.4. The lowest BCUT2D eigenvalue weighted by Gasteiger charge is -2.29. The second-order valence-corrected chi connectivity index (χ2v) is 9.89. The topological polar surface area (TPSA) is 98.0 Å². The van der Waals surface area contributed by atoms with Crippen LogP contribution in [0.25, 0.3) is 0 Å². The van der Waals surface area contributed by atoms with Gasteiger partial charge in [-0.1, -0.05) is 47.4 Å². The second-order valence-electron chi connectivity index (χ2n) is 8.67. The molecule has 0 saturated heterocycles. The maximum atomic E-state index is 13.5. The van der Waals surface area contributed by atoms with E-state index in [9.17, 15) is 19.2 Å². The fourth-order valence-corrected chi connectivity index (χ4v) is 4.94. The van der Waals surface area contributed by atoms with Gasteiger partial charge in [0.25, 0.3) is 5.91 Å². The number of fused-ring (bicyclic) bond motifs is 1. The maximum Gasteiger partial charge on any atom is 0.347 e. The predicted molar refractivity (Wildman–Crippen MR) is 146 cm³/mol. The molecule has 2 aliphatic rings. The number of carbonyl (C=O) groups is 2. The molecule has 0 atom stereocenters. The van der Waals surface area contributed by atoms with Crippen molar-refractivity contribution in [1.82, 2.24) is 10.2 Å². The summed E-state index contributed by atoms with van der Waals surface area (Å²) in [6.07, 6.45) is 0.572. The van der Waals surface area contributed by atoms with Crippen molar-refractivity contribution >= 4 is 58.1 Å². The van der Waals surface area contributed by atoms with Crippen LogP contribution >= 0.6 is 34.8 Å². The van der Waals surface area contributed by atoms with Gasteiger partial charge in [0.2, 0.25) is 0 Å². The van der Waals surface area contributed by atoms with Gasteiger partial charge in [0, 0.05) is 18.7 Å². The fourth-order valence-electron chi connectivity index (χ4n) is 4.18. The molecule has 0 aromatic heterocycles. The van der Waals surface area contributed by atoms with E-state index in [1.54, 1.807) is 29.2 Å². The zero-order valence-electron chi connectivity index (χ0n) is 20.0. The van der Waals surface area contributed by atoms with Gasteiger partial charge in [-0.15, -0.1) is 0 Å². The highest BCUT2D eigenvalue weighted by Gasteiger charge is 2.27. The van der Waals surface area contributed by atoms with E-state index in [4.69, 9.17) is 39.5 Å². The minimum Gasteiger partial charge on any atom is -0.454 e. The molecule has 0 radical (unpaired) electrons. The first-order valence-electron chi connectivity index (χ1n) is 11.5. The number of benzene rings is 3. The Morgan fingerprint density at radius 3 is 2.51 bits per heavy atom. The van der Waals surface area contributed by atoms with Gasteiger partial charge in [0.1, 0.15) is 17.6 Å². The lowest BCUT2D eigenvalue weighted by Crippen LogP contribution is -2.42. The van der Waals surface area contributed by atoms with Crippen molar-refractivity contribution in [1.29, 1.82) is 5.26 Å². The van der Waals surface area contributed by atoms with Crippen molar-refractivity contribution in [2.45, 2.75) is 13.0 Å². The van der Waals surface area contributed by atoms with Crippen molar-refractivity contribution in [2.75, 3.05) is 11.6 Å². The van der Waals surface area contributed by atoms with Gasteiger partial charge in [-0.05, 0) is 60.0 Å². The van der Waals surface area contributed by atoms with Crippen molar-refractivity contribution < 1.29 is 18.7 Å². The number of halogens is 4. The molecule has 3 aromatic carbocycles. The van der Waals surface area contributed by atoms with Crippen molar-refractivity contribution in [3.8, 4) is 17.6 Å². The minimum absolute atomic E-state index is 0.00856. The molecular formula is C27H17Cl3FN5O3. The van der Waals surface area contributed by atoms with Gasteiger partial charge >= 0.3 is 6.03 Å². The van der Waals surface area contributed by atoms with Gasteiger partial charge in [-0.2, -0.15) is 15.4 Å². The third kappa shape index (κ3) is 5.27. The van der Waals surface area contributed by atoms with Gasteiger partial charge in [-0.25, -0.2) is 9.18 Å². The second kappa shape index (κ2) is 10.6. The van der Waals surface area contributed by atoms with Crippen molar-refractivity contribution in [3.05, 3.63) is 98.4 Å². The number of rotatable bonds is 5. The molecular weight excluding hydrogens is 568 g/mol. The largest absolute Gasteiger partial charge is 0.454 e. The van der Waals surface area contributed by atoms with Crippen LogP contribution < -0.4 is 15.1 Å². The number of urea groups is 1. The molecule has 39 heavy (non-hydrogen) atoms. The van der Waals surface area contributed by atoms with E-state index < -0.39 is 11.8 Å². The first-order valence-corrected chi connectivity index (χ1v) is 12.6. The Bertz CT molecular complexity index is 1610. The van der Waals surface area contributed by atoms with Crippen LogP contribution in [0.15, 0.2) is 65.9 Å². The van der Waals surface area contributed by atoms with Gasteiger partial charge in [-0.3, -0.25) is 4.79 Å². The number of amides is 3. The molecule has 3 amide bonds. The molecule has 0 saturated carbocycles. The number of nitriles is 1. The van der Waals surface area contributed by atoms with E-state index in [0.29, 0.717) is 30.8 Å². The summed E-state index contributed by atoms with van der Waals surface area (Å²) in [5.74, 6) is -0.120. The Morgan fingerprint density at radius 1 is 1.08 bits per heavy atom. The SMILES string of the molecule is C=C1NC(=O)N(c2cc(Cl)c(Oc3ccc4c(c3)CCN(Cc3ccc(F)c(Cl)c3)C4=O)c(Cl)c2)N=C1C#N. The Labute approximate surface area is 237 Å². The quantitative estimate of drug-likeness (QED) is 0.361. The summed E-state index contributed by atoms with van der Waals surface area (Å²) in [4.78, 5) is 27.1. The van der Waals surface area contributed by atoms with Crippen LogP contribution in [0.4, 0.5) is 14.9 Å². The van der Waals surface area contributed by atoms with Crippen LogP contribution in [0.3, 0.4) is 0 Å². The zero-order chi connectivity index (χ0) is 27.8. The summed E-state index contributed by atoms with van der Waals surface area (Å²) in [6, 6.07) is 13.5. The van der Waals surface area contributed by atoms with Crippen LogP contribution in [0.2, 0.25) is 15.1 Å². The Hall–Kier alpha value is -4.10.